The Kier molecular flexibility index (Phi) is 7.45. The van der Waals surface area contributed by atoms with E-state index in [0.717, 1.165) is 44.5 Å². The zero-order valence-electron chi connectivity index (χ0n) is 13.6. The number of rotatable bonds is 4. The minimum absolute atomic E-state index is 0. The molecule has 1 N–H and O–H groups in total. The fourth-order valence-electron chi connectivity index (χ4n) is 4.14. The fraction of sp³-hybridized carbons (Fsp3) is 0.941. The van der Waals surface area contributed by atoms with Crippen LogP contribution in [0.1, 0.15) is 57.8 Å². The topological polar surface area (TPSA) is 41.6 Å². The smallest absolute Gasteiger partial charge is 0.222 e. The van der Waals surface area contributed by atoms with Crippen LogP contribution in [0.5, 0.6) is 0 Å². The quantitative estimate of drug-likeness (QED) is 0.861. The van der Waals surface area contributed by atoms with Gasteiger partial charge in [-0.3, -0.25) is 4.79 Å². The maximum atomic E-state index is 12.3. The molecule has 3 aliphatic heterocycles. The predicted octanol–water partition coefficient (Wildman–Crippen LogP) is 2.75. The first kappa shape index (κ1) is 18.0. The normalized spacial score (nSPS) is 30.1. The number of carbonyl (C=O) groups is 1. The van der Waals surface area contributed by atoms with E-state index in [1.807, 2.05) is 0 Å². The van der Waals surface area contributed by atoms with Crippen molar-refractivity contribution in [3.63, 3.8) is 0 Å². The molecular formula is C17H31ClN2O2. The van der Waals surface area contributed by atoms with Gasteiger partial charge in [-0.1, -0.05) is 0 Å². The highest BCUT2D eigenvalue weighted by atomic mass is 35.5. The number of likely N-dealkylation sites (tertiary alicyclic amines) is 1. The van der Waals surface area contributed by atoms with Gasteiger partial charge in [-0.25, -0.2) is 0 Å². The Morgan fingerprint density at radius 2 is 1.91 bits per heavy atom. The van der Waals surface area contributed by atoms with Crippen molar-refractivity contribution < 1.29 is 9.53 Å². The summed E-state index contributed by atoms with van der Waals surface area (Å²) in [5.74, 6) is 1.14. The second kappa shape index (κ2) is 9.09. The van der Waals surface area contributed by atoms with E-state index < -0.39 is 0 Å². The van der Waals surface area contributed by atoms with E-state index in [9.17, 15) is 4.79 Å². The molecule has 0 aromatic heterocycles. The highest BCUT2D eigenvalue weighted by molar-refractivity contribution is 5.85. The molecule has 1 amide bonds. The fourth-order valence-corrected chi connectivity index (χ4v) is 4.14. The number of hydrogen-bond donors (Lipinski definition) is 1. The Hall–Kier alpha value is -0.320. The summed E-state index contributed by atoms with van der Waals surface area (Å²) in [7, 11) is 0. The molecule has 5 heteroatoms. The molecular weight excluding hydrogens is 300 g/mol. The monoisotopic (exact) mass is 330 g/mol. The van der Waals surface area contributed by atoms with Crippen LogP contribution in [0.3, 0.4) is 0 Å². The van der Waals surface area contributed by atoms with Crippen molar-refractivity contribution in [2.75, 3.05) is 26.2 Å². The van der Waals surface area contributed by atoms with Crippen LogP contribution < -0.4 is 5.32 Å². The van der Waals surface area contributed by atoms with Crippen molar-refractivity contribution in [2.24, 2.45) is 5.92 Å². The molecule has 0 bridgehead atoms. The zero-order valence-corrected chi connectivity index (χ0v) is 14.4. The standard InChI is InChI=1S/C17H30N2O2.ClH/c20-17(7-6-15-4-1-2-13-21-15)19-11-8-14(9-12-19)16-5-3-10-18-16;/h14-16,18H,1-13H2;1H. The summed E-state index contributed by atoms with van der Waals surface area (Å²) in [6.45, 7) is 4.00. The third-order valence-electron chi connectivity index (χ3n) is 5.51. The van der Waals surface area contributed by atoms with E-state index in [1.165, 1.54) is 45.1 Å². The summed E-state index contributed by atoms with van der Waals surface area (Å²) in [4.78, 5) is 14.4. The molecule has 3 heterocycles. The van der Waals surface area contributed by atoms with Crippen molar-refractivity contribution >= 4 is 18.3 Å². The summed E-state index contributed by atoms with van der Waals surface area (Å²) in [5, 5.41) is 3.62. The predicted molar refractivity (Wildman–Crippen MR) is 90.4 cm³/mol. The zero-order chi connectivity index (χ0) is 14.5. The molecule has 3 saturated heterocycles. The molecule has 3 aliphatic rings. The van der Waals surface area contributed by atoms with Crippen molar-refractivity contribution in [1.29, 1.82) is 0 Å². The van der Waals surface area contributed by atoms with E-state index in [2.05, 4.69) is 10.2 Å². The Morgan fingerprint density at radius 1 is 1.09 bits per heavy atom. The third kappa shape index (κ3) is 4.84. The minimum Gasteiger partial charge on any atom is -0.378 e. The van der Waals surface area contributed by atoms with Crippen LogP contribution in [0.4, 0.5) is 0 Å². The molecule has 0 aromatic rings. The number of ether oxygens (including phenoxy) is 1. The second-order valence-corrected chi connectivity index (χ2v) is 6.95. The summed E-state index contributed by atoms with van der Waals surface area (Å²) in [6.07, 6.45) is 10.5. The number of halogens is 1. The second-order valence-electron chi connectivity index (χ2n) is 6.95. The SMILES string of the molecule is Cl.O=C(CCC1CCCCO1)N1CCC(C2CCCN2)CC1. The molecule has 3 fully saturated rings. The summed E-state index contributed by atoms with van der Waals surface area (Å²) in [6, 6.07) is 0.720. The third-order valence-corrected chi connectivity index (χ3v) is 5.51. The van der Waals surface area contributed by atoms with Crippen LogP contribution in [-0.4, -0.2) is 49.2 Å². The minimum atomic E-state index is 0. The van der Waals surface area contributed by atoms with E-state index in [4.69, 9.17) is 4.74 Å². The highest BCUT2D eigenvalue weighted by Crippen LogP contribution is 2.26. The number of piperidine rings is 1. The van der Waals surface area contributed by atoms with Gasteiger partial charge >= 0.3 is 0 Å². The summed E-state index contributed by atoms with van der Waals surface area (Å²) < 4.78 is 5.72. The molecule has 0 aliphatic carbocycles. The van der Waals surface area contributed by atoms with Gasteiger partial charge in [-0.05, 0) is 63.8 Å². The molecule has 3 rings (SSSR count). The van der Waals surface area contributed by atoms with Gasteiger partial charge in [0.1, 0.15) is 0 Å². The first-order chi connectivity index (χ1) is 10.3. The number of carbonyl (C=O) groups excluding carboxylic acids is 1. The first-order valence-corrected chi connectivity index (χ1v) is 8.95. The average Bonchev–Trinajstić information content (AvgIpc) is 3.08. The van der Waals surface area contributed by atoms with Gasteiger partial charge in [0.15, 0.2) is 0 Å². The first-order valence-electron chi connectivity index (χ1n) is 8.95. The molecule has 0 radical (unpaired) electrons. The van der Waals surface area contributed by atoms with Gasteiger partial charge in [-0.2, -0.15) is 0 Å². The molecule has 0 aromatic carbocycles. The molecule has 128 valence electrons. The highest BCUT2D eigenvalue weighted by Gasteiger charge is 2.30. The number of hydrogen-bond acceptors (Lipinski definition) is 3. The van der Waals surface area contributed by atoms with Crippen molar-refractivity contribution in [1.82, 2.24) is 10.2 Å². The van der Waals surface area contributed by atoms with Crippen molar-refractivity contribution in [3.8, 4) is 0 Å². The Balaban J connectivity index is 0.00000176. The van der Waals surface area contributed by atoms with E-state index in [1.54, 1.807) is 0 Å². The van der Waals surface area contributed by atoms with Crippen LogP contribution in [0, 0.1) is 5.92 Å². The van der Waals surface area contributed by atoms with Gasteiger partial charge in [0, 0.05) is 32.2 Å². The average molecular weight is 331 g/mol. The molecule has 2 unspecified atom stereocenters. The maximum Gasteiger partial charge on any atom is 0.222 e. The number of nitrogens with zero attached hydrogens (tertiary/aromatic N) is 1. The van der Waals surface area contributed by atoms with Crippen molar-refractivity contribution in [2.45, 2.75) is 69.9 Å². The van der Waals surface area contributed by atoms with Gasteiger partial charge in [0.2, 0.25) is 5.91 Å². The van der Waals surface area contributed by atoms with Crippen LogP contribution in [0.2, 0.25) is 0 Å². The molecule has 22 heavy (non-hydrogen) atoms. The number of amides is 1. The lowest BCUT2D eigenvalue weighted by molar-refractivity contribution is -0.133. The van der Waals surface area contributed by atoms with E-state index >= 15 is 0 Å². The Morgan fingerprint density at radius 3 is 2.55 bits per heavy atom. The molecule has 0 saturated carbocycles. The Labute approximate surface area is 140 Å². The van der Waals surface area contributed by atoms with Crippen molar-refractivity contribution in [3.05, 3.63) is 0 Å². The lowest BCUT2D eigenvalue weighted by Crippen LogP contribution is -2.43. The number of nitrogens with one attached hydrogen (secondary N) is 1. The van der Waals surface area contributed by atoms with Crippen LogP contribution in [-0.2, 0) is 9.53 Å². The van der Waals surface area contributed by atoms with Crippen LogP contribution in [0.15, 0.2) is 0 Å². The molecule has 4 nitrogen and oxygen atoms in total. The maximum absolute atomic E-state index is 12.3. The van der Waals surface area contributed by atoms with Gasteiger partial charge in [0.25, 0.3) is 0 Å². The van der Waals surface area contributed by atoms with E-state index in [0.29, 0.717) is 18.4 Å². The summed E-state index contributed by atoms with van der Waals surface area (Å²) in [5.41, 5.74) is 0. The van der Waals surface area contributed by atoms with Crippen LogP contribution in [0.25, 0.3) is 0 Å². The molecule has 0 spiro atoms. The van der Waals surface area contributed by atoms with Crippen LogP contribution >= 0.6 is 12.4 Å². The van der Waals surface area contributed by atoms with Gasteiger partial charge in [0.05, 0.1) is 6.10 Å². The van der Waals surface area contributed by atoms with Gasteiger partial charge < -0.3 is 15.0 Å². The Bertz CT molecular complexity index is 334. The lowest BCUT2D eigenvalue weighted by atomic mass is 9.88. The summed E-state index contributed by atoms with van der Waals surface area (Å²) >= 11 is 0. The molecule has 2 atom stereocenters. The van der Waals surface area contributed by atoms with Gasteiger partial charge in [-0.15, -0.1) is 12.4 Å². The lowest BCUT2D eigenvalue weighted by Gasteiger charge is -2.35. The van der Waals surface area contributed by atoms with E-state index in [-0.39, 0.29) is 12.4 Å². The largest absolute Gasteiger partial charge is 0.378 e.